The van der Waals surface area contributed by atoms with Crippen LogP contribution in [0.5, 0.6) is 0 Å². The van der Waals surface area contributed by atoms with Gasteiger partial charge in [-0.15, -0.1) is 0 Å². The highest BCUT2D eigenvalue weighted by atomic mass is 35.5. The second-order valence-electron chi connectivity index (χ2n) is 3.42. The van der Waals surface area contributed by atoms with Crippen molar-refractivity contribution < 1.29 is 14.6 Å². The molecule has 18 heavy (non-hydrogen) atoms. The number of esters is 1. The number of halogens is 1. The van der Waals surface area contributed by atoms with Crippen molar-refractivity contribution in [2.24, 2.45) is 0 Å². The molecule has 0 aliphatic heterocycles. The van der Waals surface area contributed by atoms with Gasteiger partial charge in [0, 0.05) is 13.2 Å². The smallest absolute Gasteiger partial charge is 0.327 e. The molecule has 0 saturated carbocycles. The maximum atomic E-state index is 11.7. The van der Waals surface area contributed by atoms with E-state index in [2.05, 4.69) is 15.2 Å². The van der Waals surface area contributed by atoms with Gasteiger partial charge in [0.05, 0.1) is 19.0 Å². The predicted octanol–water partition coefficient (Wildman–Crippen LogP) is -0.136. The van der Waals surface area contributed by atoms with Crippen LogP contribution in [-0.2, 0) is 16.1 Å². The van der Waals surface area contributed by atoms with Gasteiger partial charge in [0.2, 0.25) is 0 Å². The van der Waals surface area contributed by atoms with Crippen molar-refractivity contribution in [1.82, 2.24) is 9.78 Å². The molecule has 8 heteroatoms. The third kappa shape index (κ3) is 3.71. The Morgan fingerprint density at radius 3 is 3.00 bits per heavy atom. The molecule has 1 aromatic rings. The van der Waals surface area contributed by atoms with Crippen LogP contribution in [0.3, 0.4) is 0 Å². The summed E-state index contributed by atoms with van der Waals surface area (Å²) in [5, 5.41) is 15.2. The Labute approximate surface area is 108 Å². The quantitative estimate of drug-likeness (QED) is 0.555. The fourth-order valence-corrected chi connectivity index (χ4v) is 1.40. The average Bonchev–Trinajstić information content (AvgIpc) is 2.37. The van der Waals surface area contributed by atoms with Crippen molar-refractivity contribution in [3.63, 3.8) is 0 Å². The molecule has 1 heterocycles. The van der Waals surface area contributed by atoms with Crippen LogP contribution in [0.2, 0.25) is 5.02 Å². The minimum Gasteiger partial charge on any atom is -0.468 e. The maximum Gasteiger partial charge on any atom is 0.327 e. The van der Waals surface area contributed by atoms with Gasteiger partial charge in [0.25, 0.3) is 5.56 Å². The van der Waals surface area contributed by atoms with Gasteiger partial charge in [0.1, 0.15) is 11.6 Å². The first-order valence-electron chi connectivity index (χ1n) is 5.27. The number of ether oxygens (including phenoxy) is 1. The number of carbonyl (C=O) groups is 1. The molecule has 0 spiro atoms. The zero-order chi connectivity index (χ0) is 13.5. The van der Waals surface area contributed by atoms with Crippen LogP contribution in [0.25, 0.3) is 0 Å². The van der Waals surface area contributed by atoms with E-state index in [-0.39, 0.29) is 18.2 Å². The minimum atomic E-state index is -0.582. The molecular weight excluding hydrogens is 262 g/mol. The molecule has 0 aliphatic carbocycles. The Hall–Kier alpha value is -1.60. The minimum absolute atomic E-state index is 0.0391. The highest BCUT2D eigenvalue weighted by Crippen LogP contribution is 2.14. The van der Waals surface area contributed by atoms with Gasteiger partial charge in [-0.1, -0.05) is 11.6 Å². The summed E-state index contributed by atoms with van der Waals surface area (Å²) in [4.78, 5) is 22.8. The topological polar surface area (TPSA) is 93.5 Å². The monoisotopic (exact) mass is 275 g/mol. The SMILES string of the molecule is COC(=O)Cn1ncc(NCCCO)c(Cl)c1=O. The number of hydrogen-bond donors (Lipinski definition) is 2. The lowest BCUT2D eigenvalue weighted by Gasteiger charge is -2.09. The summed E-state index contributed by atoms with van der Waals surface area (Å²) >= 11 is 5.85. The second kappa shape index (κ2) is 6.97. The third-order valence-corrected chi connectivity index (χ3v) is 2.51. The second-order valence-corrected chi connectivity index (χ2v) is 3.79. The Bertz CT molecular complexity index is 475. The molecule has 0 bridgehead atoms. The largest absolute Gasteiger partial charge is 0.468 e. The number of anilines is 1. The van der Waals surface area contributed by atoms with E-state index in [4.69, 9.17) is 16.7 Å². The number of rotatable bonds is 6. The van der Waals surface area contributed by atoms with E-state index >= 15 is 0 Å². The number of methoxy groups -OCH3 is 1. The number of carbonyl (C=O) groups excluding carboxylic acids is 1. The first kappa shape index (κ1) is 14.5. The van der Waals surface area contributed by atoms with Gasteiger partial charge in [0.15, 0.2) is 0 Å². The van der Waals surface area contributed by atoms with Crippen molar-refractivity contribution in [1.29, 1.82) is 0 Å². The fourth-order valence-electron chi connectivity index (χ4n) is 1.19. The lowest BCUT2D eigenvalue weighted by molar-refractivity contribution is -0.141. The molecule has 0 radical (unpaired) electrons. The molecule has 0 atom stereocenters. The van der Waals surface area contributed by atoms with Crippen molar-refractivity contribution >= 4 is 23.3 Å². The zero-order valence-electron chi connectivity index (χ0n) is 9.85. The molecule has 0 amide bonds. The molecule has 1 aromatic heterocycles. The standard InChI is InChI=1S/C10H14ClN3O4/c1-18-8(16)6-14-10(17)9(11)7(5-13-14)12-3-2-4-15/h5,12,15H,2-4,6H2,1H3. The van der Waals surface area contributed by atoms with Crippen LogP contribution in [0.15, 0.2) is 11.0 Å². The highest BCUT2D eigenvalue weighted by Gasteiger charge is 2.11. The highest BCUT2D eigenvalue weighted by molar-refractivity contribution is 6.32. The predicted molar refractivity (Wildman–Crippen MR) is 65.7 cm³/mol. The van der Waals surface area contributed by atoms with Crippen molar-refractivity contribution in [3.8, 4) is 0 Å². The maximum absolute atomic E-state index is 11.7. The normalized spacial score (nSPS) is 10.2. The number of hydrogen-bond acceptors (Lipinski definition) is 6. The first-order valence-corrected chi connectivity index (χ1v) is 5.65. The lowest BCUT2D eigenvalue weighted by Crippen LogP contribution is -2.28. The van der Waals surface area contributed by atoms with Crippen molar-refractivity contribution in [2.45, 2.75) is 13.0 Å². The van der Waals surface area contributed by atoms with E-state index in [1.54, 1.807) is 0 Å². The van der Waals surface area contributed by atoms with Crippen LogP contribution in [0.1, 0.15) is 6.42 Å². The molecule has 2 N–H and O–H groups in total. The third-order valence-electron chi connectivity index (χ3n) is 2.14. The van der Waals surface area contributed by atoms with Gasteiger partial charge >= 0.3 is 5.97 Å². The average molecular weight is 276 g/mol. The summed E-state index contributed by atoms with van der Waals surface area (Å²) in [6.07, 6.45) is 1.88. The number of aromatic nitrogens is 2. The Morgan fingerprint density at radius 2 is 2.39 bits per heavy atom. The van der Waals surface area contributed by atoms with E-state index in [1.807, 2.05) is 0 Å². The van der Waals surface area contributed by atoms with Gasteiger partial charge in [-0.3, -0.25) is 9.59 Å². The summed E-state index contributed by atoms with van der Waals surface area (Å²) in [6, 6.07) is 0. The fraction of sp³-hybridized carbons (Fsp3) is 0.500. The van der Waals surface area contributed by atoms with Crippen molar-refractivity contribution in [2.75, 3.05) is 25.6 Å². The summed E-state index contributed by atoms with van der Waals surface area (Å²) < 4.78 is 5.36. The number of nitrogens with zero attached hydrogens (tertiary/aromatic N) is 2. The molecule has 0 saturated heterocycles. The van der Waals surface area contributed by atoms with Crippen LogP contribution < -0.4 is 10.9 Å². The van der Waals surface area contributed by atoms with E-state index < -0.39 is 11.5 Å². The molecule has 7 nitrogen and oxygen atoms in total. The summed E-state index contributed by atoms with van der Waals surface area (Å²) in [5.41, 5.74) is -0.202. The molecule has 0 unspecified atom stereocenters. The van der Waals surface area contributed by atoms with Crippen LogP contribution >= 0.6 is 11.6 Å². The Balaban J connectivity index is 2.84. The molecule has 0 aromatic carbocycles. The van der Waals surface area contributed by atoms with Gasteiger partial charge in [-0.05, 0) is 6.42 Å². The van der Waals surface area contributed by atoms with Crippen LogP contribution in [-0.4, -0.2) is 41.1 Å². The summed E-state index contributed by atoms with van der Waals surface area (Å²) in [5.74, 6) is -0.582. The summed E-state index contributed by atoms with van der Waals surface area (Å²) in [7, 11) is 1.22. The zero-order valence-corrected chi connectivity index (χ0v) is 10.6. The van der Waals surface area contributed by atoms with Crippen LogP contribution in [0, 0.1) is 0 Å². The number of aliphatic hydroxyl groups excluding tert-OH is 1. The Kier molecular flexibility index (Phi) is 5.60. The van der Waals surface area contributed by atoms with Gasteiger partial charge in [-0.2, -0.15) is 5.10 Å². The molecule has 0 fully saturated rings. The number of nitrogens with one attached hydrogen (secondary N) is 1. The summed E-state index contributed by atoms with van der Waals surface area (Å²) in [6.45, 7) is 0.224. The van der Waals surface area contributed by atoms with E-state index in [0.29, 0.717) is 18.7 Å². The van der Waals surface area contributed by atoms with Crippen LogP contribution in [0.4, 0.5) is 5.69 Å². The van der Waals surface area contributed by atoms with Gasteiger partial charge < -0.3 is 15.2 Å². The van der Waals surface area contributed by atoms with E-state index in [9.17, 15) is 9.59 Å². The first-order chi connectivity index (χ1) is 8.60. The van der Waals surface area contributed by atoms with Crippen molar-refractivity contribution in [3.05, 3.63) is 21.6 Å². The van der Waals surface area contributed by atoms with E-state index in [0.717, 1.165) is 4.68 Å². The molecule has 0 aliphatic rings. The van der Waals surface area contributed by atoms with Gasteiger partial charge in [-0.25, -0.2) is 4.68 Å². The Morgan fingerprint density at radius 1 is 1.67 bits per heavy atom. The molecule has 100 valence electrons. The van der Waals surface area contributed by atoms with E-state index in [1.165, 1.54) is 13.3 Å². The lowest BCUT2D eigenvalue weighted by atomic mass is 10.4. The number of aliphatic hydroxyl groups is 1. The molecule has 1 rings (SSSR count). The molecular formula is C10H14ClN3O4.